The Morgan fingerprint density at radius 2 is 2.05 bits per heavy atom. The summed E-state index contributed by atoms with van der Waals surface area (Å²) in [5, 5.41) is 16.7. The summed E-state index contributed by atoms with van der Waals surface area (Å²) in [5.41, 5.74) is 1.66. The molecule has 114 valence electrons. The number of carbonyl (C=O) groups excluding carboxylic acids is 1. The van der Waals surface area contributed by atoms with Gasteiger partial charge in [0.1, 0.15) is 5.60 Å². The van der Waals surface area contributed by atoms with E-state index in [1.165, 1.54) is 0 Å². The Morgan fingerprint density at radius 1 is 1.23 bits per heavy atom. The number of fused-ring (bicyclic) bond motifs is 1. The van der Waals surface area contributed by atoms with Crippen LogP contribution in [0.5, 0.6) is 0 Å². The van der Waals surface area contributed by atoms with Crippen LogP contribution in [-0.2, 0) is 12.0 Å². The SMILES string of the molecule is O=C(NCC1(O)CCc2ccccc21)Nc1cccc(Cl)c1. The largest absolute Gasteiger partial charge is 0.383 e. The van der Waals surface area contributed by atoms with Crippen molar-refractivity contribution >= 4 is 23.3 Å². The Bertz CT molecular complexity index is 705. The second kappa shape index (κ2) is 5.99. The highest BCUT2D eigenvalue weighted by Crippen LogP contribution is 2.36. The molecule has 2 amide bonds. The maximum absolute atomic E-state index is 12.0. The van der Waals surface area contributed by atoms with Crippen molar-refractivity contribution in [2.45, 2.75) is 18.4 Å². The van der Waals surface area contributed by atoms with Gasteiger partial charge in [-0.2, -0.15) is 0 Å². The Balaban J connectivity index is 1.62. The van der Waals surface area contributed by atoms with E-state index in [1.54, 1.807) is 24.3 Å². The molecule has 0 spiro atoms. The minimum absolute atomic E-state index is 0.177. The summed E-state index contributed by atoms with van der Waals surface area (Å²) < 4.78 is 0. The number of aryl methyl sites for hydroxylation is 1. The number of hydrogen-bond acceptors (Lipinski definition) is 2. The van der Waals surface area contributed by atoms with Gasteiger partial charge in [0.2, 0.25) is 0 Å². The van der Waals surface area contributed by atoms with Crippen LogP contribution in [0, 0.1) is 0 Å². The van der Waals surface area contributed by atoms with Gasteiger partial charge in [-0.1, -0.05) is 41.9 Å². The number of aliphatic hydroxyl groups is 1. The monoisotopic (exact) mass is 316 g/mol. The molecular formula is C17H17ClN2O2. The van der Waals surface area contributed by atoms with Crippen molar-refractivity contribution in [3.8, 4) is 0 Å². The van der Waals surface area contributed by atoms with Crippen LogP contribution in [0.2, 0.25) is 5.02 Å². The molecule has 1 atom stereocenters. The number of carbonyl (C=O) groups is 1. The number of anilines is 1. The maximum atomic E-state index is 12.0. The van der Waals surface area contributed by atoms with E-state index in [9.17, 15) is 9.90 Å². The molecular weight excluding hydrogens is 300 g/mol. The summed E-state index contributed by atoms with van der Waals surface area (Å²) in [6.07, 6.45) is 1.44. The summed E-state index contributed by atoms with van der Waals surface area (Å²) >= 11 is 5.88. The summed E-state index contributed by atoms with van der Waals surface area (Å²) in [5.74, 6) is 0. The zero-order valence-electron chi connectivity index (χ0n) is 12.0. The first-order chi connectivity index (χ1) is 10.6. The molecule has 2 aromatic rings. The van der Waals surface area contributed by atoms with Crippen LogP contribution in [-0.4, -0.2) is 17.7 Å². The summed E-state index contributed by atoms with van der Waals surface area (Å²) in [6, 6.07) is 14.4. The number of rotatable bonds is 3. The first kappa shape index (κ1) is 14.9. The molecule has 1 aliphatic carbocycles. The summed E-state index contributed by atoms with van der Waals surface area (Å²) in [7, 11) is 0. The zero-order valence-corrected chi connectivity index (χ0v) is 12.7. The van der Waals surface area contributed by atoms with E-state index in [-0.39, 0.29) is 12.6 Å². The summed E-state index contributed by atoms with van der Waals surface area (Å²) in [6.45, 7) is 0.177. The lowest BCUT2D eigenvalue weighted by Gasteiger charge is -2.24. The number of nitrogens with one attached hydrogen (secondary N) is 2. The normalized spacial score (nSPS) is 19.5. The zero-order chi connectivity index (χ0) is 15.6. The topological polar surface area (TPSA) is 61.4 Å². The molecule has 3 rings (SSSR count). The molecule has 22 heavy (non-hydrogen) atoms. The van der Waals surface area contributed by atoms with Crippen LogP contribution < -0.4 is 10.6 Å². The predicted octanol–water partition coefficient (Wildman–Crippen LogP) is 3.30. The van der Waals surface area contributed by atoms with Gasteiger partial charge < -0.3 is 15.7 Å². The third-order valence-electron chi connectivity index (χ3n) is 3.95. The van der Waals surface area contributed by atoms with Crippen molar-refractivity contribution < 1.29 is 9.90 Å². The van der Waals surface area contributed by atoms with E-state index in [0.717, 1.165) is 17.5 Å². The smallest absolute Gasteiger partial charge is 0.319 e. The molecule has 3 N–H and O–H groups in total. The van der Waals surface area contributed by atoms with Gasteiger partial charge in [-0.25, -0.2) is 4.79 Å². The average molecular weight is 317 g/mol. The molecule has 2 aromatic carbocycles. The first-order valence-corrected chi connectivity index (χ1v) is 7.56. The van der Waals surface area contributed by atoms with Crippen LogP contribution in [0.3, 0.4) is 0 Å². The van der Waals surface area contributed by atoms with Crippen molar-refractivity contribution in [1.82, 2.24) is 5.32 Å². The van der Waals surface area contributed by atoms with E-state index < -0.39 is 5.60 Å². The number of hydrogen-bond donors (Lipinski definition) is 3. The maximum Gasteiger partial charge on any atom is 0.319 e. The lowest BCUT2D eigenvalue weighted by atomic mass is 9.96. The number of urea groups is 1. The molecule has 0 radical (unpaired) electrons. The lowest BCUT2D eigenvalue weighted by Crippen LogP contribution is -2.41. The highest BCUT2D eigenvalue weighted by atomic mass is 35.5. The fourth-order valence-electron chi connectivity index (χ4n) is 2.82. The van der Waals surface area contributed by atoms with Gasteiger partial charge in [0.05, 0.1) is 6.54 Å². The Hall–Kier alpha value is -2.04. The third kappa shape index (κ3) is 3.08. The predicted molar refractivity (Wildman–Crippen MR) is 87.1 cm³/mol. The Labute approximate surface area is 134 Å². The first-order valence-electron chi connectivity index (χ1n) is 7.18. The van der Waals surface area contributed by atoms with E-state index in [0.29, 0.717) is 17.1 Å². The molecule has 0 fully saturated rings. The fourth-order valence-corrected chi connectivity index (χ4v) is 3.01. The Kier molecular flexibility index (Phi) is 4.05. The van der Waals surface area contributed by atoms with Gasteiger partial charge in [-0.15, -0.1) is 0 Å². The van der Waals surface area contributed by atoms with Gasteiger partial charge >= 0.3 is 6.03 Å². The second-order valence-electron chi connectivity index (χ2n) is 5.51. The standard InChI is InChI=1S/C17H17ClN2O2/c18-13-5-3-6-14(10-13)20-16(21)19-11-17(22)9-8-12-4-1-2-7-15(12)17/h1-7,10,22H,8-9,11H2,(H2,19,20,21). The molecule has 0 bridgehead atoms. The van der Waals surface area contributed by atoms with Crippen molar-refractivity contribution in [3.05, 3.63) is 64.7 Å². The minimum Gasteiger partial charge on any atom is -0.383 e. The average Bonchev–Trinajstić information content (AvgIpc) is 2.84. The molecule has 0 aromatic heterocycles. The van der Waals surface area contributed by atoms with E-state index in [4.69, 9.17) is 11.6 Å². The van der Waals surface area contributed by atoms with E-state index in [2.05, 4.69) is 10.6 Å². The van der Waals surface area contributed by atoms with Crippen LogP contribution in [0.1, 0.15) is 17.5 Å². The molecule has 4 nitrogen and oxygen atoms in total. The van der Waals surface area contributed by atoms with Crippen LogP contribution in [0.4, 0.5) is 10.5 Å². The number of benzene rings is 2. The van der Waals surface area contributed by atoms with Crippen LogP contribution in [0.15, 0.2) is 48.5 Å². The van der Waals surface area contributed by atoms with Gasteiger partial charge in [-0.05, 0) is 42.2 Å². The fraction of sp³-hybridized carbons (Fsp3) is 0.235. The van der Waals surface area contributed by atoms with Crippen LogP contribution >= 0.6 is 11.6 Å². The number of halogens is 1. The van der Waals surface area contributed by atoms with Gasteiger partial charge in [0.15, 0.2) is 0 Å². The number of amides is 2. The Morgan fingerprint density at radius 3 is 2.86 bits per heavy atom. The molecule has 1 unspecified atom stereocenters. The van der Waals surface area contributed by atoms with Crippen molar-refractivity contribution in [3.63, 3.8) is 0 Å². The highest BCUT2D eigenvalue weighted by Gasteiger charge is 2.36. The van der Waals surface area contributed by atoms with Crippen LogP contribution in [0.25, 0.3) is 0 Å². The highest BCUT2D eigenvalue weighted by molar-refractivity contribution is 6.30. The molecule has 0 saturated carbocycles. The van der Waals surface area contributed by atoms with Crippen molar-refractivity contribution in [2.75, 3.05) is 11.9 Å². The molecule has 0 saturated heterocycles. The molecule has 0 aliphatic heterocycles. The van der Waals surface area contributed by atoms with E-state index in [1.807, 2.05) is 24.3 Å². The second-order valence-corrected chi connectivity index (χ2v) is 5.94. The van der Waals surface area contributed by atoms with Gasteiger partial charge in [0, 0.05) is 10.7 Å². The van der Waals surface area contributed by atoms with E-state index >= 15 is 0 Å². The summed E-state index contributed by atoms with van der Waals surface area (Å²) in [4.78, 5) is 12.0. The van der Waals surface area contributed by atoms with Gasteiger partial charge in [-0.3, -0.25) is 0 Å². The quantitative estimate of drug-likeness (QED) is 0.813. The minimum atomic E-state index is -0.998. The molecule has 1 aliphatic rings. The van der Waals surface area contributed by atoms with Gasteiger partial charge in [0.25, 0.3) is 0 Å². The lowest BCUT2D eigenvalue weighted by molar-refractivity contribution is 0.0417. The molecule has 5 heteroatoms. The third-order valence-corrected chi connectivity index (χ3v) is 4.19. The molecule has 0 heterocycles. The van der Waals surface area contributed by atoms with Crippen molar-refractivity contribution in [1.29, 1.82) is 0 Å². The van der Waals surface area contributed by atoms with Crippen molar-refractivity contribution in [2.24, 2.45) is 0 Å².